The van der Waals surface area contributed by atoms with Crippen LogP contribution in [-0.2, 0) is 0 Å². The lowest BCUT2D eigenvalue weighted by molar-refractivity contribution is 0.390. The zero-order valence-electron chi connectivity index (χ0n) is 7.93. The molecular weight excluding hydrogens is 216 g/mol. The lowest BCUT2D eigenvalue weighted by Crippen LogP contribution is -2.24. The molecule has 0 aliphatic heterocycles. The molecule has 0 radical (unpaired) electrons. The Labute approximate surface area is 95.0 Å². The van der Waals surface area contributed by atoms with Crippen LogP contribution in [-0.4, -0.2) is 10.1 Å². The second kappa shape index (κ2) is 5.50. The van der Waals surface area contributed by atoms with Crippen molar-refractivity contribution in [3.05, 3.63) is 0 Å². The number of hydrogen-bond acceptors (Lipinski definition) is 4. The van der Waals surface area contributed by atoms with E-state index in [0.717, 1.165) is 25.7 Å². The highest BCUT2D eigenvalue weighted by molar-refractivity contribution is 7.97. The van der Waals surface area contributed by atoms with Gasteiger partial charge >= 0.3 is 0 Å². The van der Waals surface area contributed by atoms with Crippen molar-refractivity contribution in [1.82, 2.24) is 0 Å². The fourth-order valence-electron chi connectivity index (χ4n) is 1.87. The molecule has 1 saturated carbocycles. The van der Waals surface area contributed by atoms with Gasteiger partial charge in [-0.2, -0.15) is 10.2 Å². The first-order chi connectivity index (χ1) is 6.69. The van der Waals surface area contributed by atoms with Crippen molar-refractivity contribution in [1.29, 1.82) is 0 Å². The van der Waals surface area contributed by atoms with E-state index in [0.29, 0.717) is 21.9 Å². The van der Waals surface area contributed by atoms with E-state index in [-0.39, 0.29) is 0 Å². The Morgan fingerprint density at radius 2 is 1.43 bits per heavy atom. The Kier molecular flexibility index (Phi) is 4.60. The van der Waals surface area contributed by atoms with Gasteiger partial charge in [0.2, 0.25) is 0 Å². The second-order valence-corrected chi connectivity index (χ2v) is 4.45. The Morgan fingerprint density at radius 1 is 1.00 bits per heavy atom. The van der Waals surface area contributed by atoms with Gasteiger partial charge in [-0.15, -0.1) is 25.3 Å². The summed E-state index contributed by atoms with van der Waals surface area (Å²) < 4.78 is 0. The molecule has 0 heterocycles. The molecule has 0 aromatic heterocycles. The minimum absolute atomic E-state index is 0.339. The largest absolute Gasteiger partial charge is 0.323 e. The van der Waals surface area contributed by atoms with Crippen molar-refractivity contribution in [2.75, 3.05) is 0 Å². The number of rotatable bonds is 2. The van der Waals surface area contributed by atoms with E-state index in [1.165, 1.54) is 0 Å². The zero-order valence-corrected chi connectivity index (χ0v) is 9.72. The van der Waals surface area contributed by atoms with Crippen LogP contribution in [0.3, 0.4) is 0 Å². The summed E-state index contributed by atoms with van der Waals surface area (Å²) in [4.78, 5) is 0. The zero-order chi connectivity index (χ0) is 10.6. The Balaban J connectivity index is 2.60. The van der Waals surface area contributed by atoms with E-state index in [2.05, 4.69) is 35.5 Å². The summed E-state index contributed by atoms with van der Waals surface area (Å²) in [7, 11) is 0. The smallest absolute Gasteiger partial charge is 0.0929 e. The molecule has 0 spiro atoms. The van der Waals surface area contributed by atoms with Gasteiger partial charge in [-0.05, 0) is 19.3 Å². The maximum Gasteiger partial charge on any atom is 0.0929 e. The molecule has 4 N–H and O–H groups in total. The Morgan fingerprint density at radius 3 is 1.79 bits per heavy atom. The van der Waals surface area contributed by atoms with Crippen LogP contribution < -0.4 is 11.7 Å². The molecule has 14 heavy (non-hydrogen) atoms. The summed E-state index contributed by atoms with van der Waals surface area (Å²) in [6.45, 7) is 0. The third kappa shape index (κ3) is 2.81. The van der Waals surface area contributed by atoms with Gasteiger partial charge in [-0.3, -0.25) is 0 Å². The number of thiol groups is 2. The predicted octanol–water partition coefficient (Wildman–Crippen LogP) is 1.20. The summed E-state index contributed by atoms with van der Waals surface area (Å²) in [5.41, 5.74) is 0. The molecule has 1 aliphatic rings. The van der Waals surface area contributed by atoms with E-state index in [1.54, 1.807) is 0 Å². The third-order valence-corrected chi connectivity index (χ3v) is 3.63. The second-order valence-electron chi connectivity index (χ2n) is 3.54. The highest BCUT2D eigenvalue weighted by Gasteiger charge is 2.26. The minimum atomic E-state index is 0.339. The van der Waals surface area contributed by atoms with E-state index >= 15 is 0 Å². The summed E-state index contributed by atoms with van der Waals surface area (Å²) in [5, 5.41) is 8.66. The van der Waals surface area contributed by atoms with E-state index in [1.807, 2.05) is 0 Å². The summed E-state index contributed by atoms with van der Waals surface area (Å²) in [6, 6.07) is 0. The van der Waals surface area contributed by atoms with Gasteiger partial charge in [-0.1, -0.05) is 6.42 Å². The minimum Gasteiger partial charge on any atom is -0.323 e. The molecular formula is C8H16N4S2. The van der Waals surface area contributed by atoms with Crippen LogP contribution in [0.2, 0.25) is 0 Å². The molecule has 0 unspecified atom stereocenters. The van der Waals surface area contributed by atoms with Crippen molar-refractivity contribution in [2.45, 2.75) is 25.7 Å². The van der Waals surface area contributed by atoms with Crippen LogP contribution >= 0.6 is 25.3 Å². The van der Waals surface area contributed by atoms with E-state index in [4.69, 9.17) is 11.7 Å². The Bertz CT molecular complexity index is 228. The monoisotopic (exact) mass is 232 g/mol. The van der Waals surface area contributed by atoms with Crippen molar-refractivity contribution in [3.8, 4) is 0 Å². The quantitative estimate of drug-likeness (QED) is 0.190. The van der Waals surface area contributed by atoms with Crippen molar-refractivity contribution < 1.29 is 0 Å². The SMILES string of the molecule is N/N=C(\S)[C@H]1CCC[C@H](/C(S)=N/N)C1. The van der Waals surface area contributed by atoms with Gasteiger partial charge in [0.25, 0.3) is 0 Å². The molecule has 0 bridgehead atoms. The van der Waals surface area contributed by atoms with Crippen LogP contribution in [0, 0.1) is 11.8 Å². The fraction of sp³-hybridized carbons (Fsp3) is 0.750. The molecule has 2 atom stereocenters. The fourth-order valence-corrected chi connectivity index (χ4v) is 2.34. The van der Waals surface area contributed by atoms with Crippen LogP contribution in [0.4, 0.5) is 0 Å². The summed E-state index contributed by atoms with van der Waals surface area (Å²) >= 11 is 8.48. The summed E-state index contributed by atoms with van der Waals surface area (Å²) in [6.07, 6.45) is 4.23. The maximum absolute atomic E-state index is 5.19. The highest BCUT2D eigenvalue weighted by Crippen LogP contribution is 2.32. The average Bonchev–Trinajstić information content (AvgIpc) is 2.27. The highest BCUT2D eigenvalue weighted by atomic mass is 32.1. The molecule has 0 aromatic rings. The molecule has 1 aliphatic carbocycles. The number of nitrogens with zero attached hydrogens (tertiary/aromatic N) is 2. The molecule has 4 nitrogen and oxygen atoms in total. The lowest BCUT2D eigenvalue weighted by atomic mass is 9.82. The first-order valence-corrected chi connectivity index (χ1v) is 5.52. The molecule has 80 valence electrons. The molecule has 0 saturated heterocycles. The van der Waals surface area contributed by atoms with Crippen LogP contribution in [0.25, 0.3) is 0 Å². The van der Waals surface area contributed by atoms with Crippen molar-refractivity contribution >= 4 is 35.3 Å². The normalized spacial score (nSPS) is 30.4. The van der Waals surface area contributed by atoms with Crippen molar-refractivity contribution in [2.24, 2.45) is 33.7 Å². The van der Waals surface area contributed by atoms with Crippen LogP contribution in [0.15, 0.2) is 10.2 Å². The van der Waals surface area contributed by atoms with Gasteiger partial charge in [0.05, 0.1) is 10.1 Å². The Hall–Kier alpha value is -0.360. The maximum atomic E-state index is 5.19. The van der Waals surface area contributed by atoms with Gasteiger partial charge < -0.3 is 11.7 Å². The number of nitrogens with two attached hydrogens (primary N) is 2. The molecule has 0 aromatic carbocycles. The first kappa shape index (κ1) is 11.7. The summed E-state index contributed by atoms with van der Waals surface area (Å²) in [5.74, 6) is 11.1. The molecule has 1 fully saturated rings. The van der Waals surface area contributed by atoms with Crippen LogP contribution in [0.1, 0.15) is 25.7 Å². The van der Waals surface area contributed by atoms with Gasteiger partial charge in [0, 0.05) is 11.8 Å². The average molecular weight is 232 g/mol. The third-order valence-electron chi connectivity index (χ3n) is 2.67. The number of hydrazone groups is 2. The lowest BCUT2D eigenvalue weighted by Gasteiger charge is -2.27. The first-order valence-electron chi connectivity index (χ1n) is 4.62. The van der Waals surface area contributed by atoms with E-state index < -0.39 is 0 Å². The topological polar surface area (TPSA) is 76.8 Å². The van der Waals surface area contributed by atoms with E-state index in [9.17, 15) is 0 Å². The van der Waals surface area contributed by atoms with Gasteiger partial charge in [0.1, 0.15) is 0 Å². The number of hydrogen-bond donors (Lipinski definition) is 4. The van der Waals surface area contributed by atoms with Gasteiger partial charge in [0.15, 0.2) is 0 Å². The van der Waals surface area contributed by atoms with Crippen LogP contribution in [0.5, 0.6) is 0 Å². The molecule has 6 heteroatoms. The molecule has 0 amide bonds. The van der Waals surface area contributed by atoms with Gasteiger partial charge in [-0.25, -0.2) is 0 Å². The van der Waals surface area contributed by atoms with Crippen molar-refractivity contribution in [3.63, 3.8) is 0 Å². The predicted molar refractivity (Wildman–Crippen MR) is 66.7 cm³/mol. The molecule has 1 rings (SSSR count). The standard InChI is InChI=1S/C8H16N4S2/c9-11-7(13)5-2-1-3-6(4-5)8(14)12-10/h5-6H,1-4,9-10H2,(H,11,13)(H,12,14)/t5-,6-/m0/s1.